The minimum absolute atomic E-state index is 0.0336. The van der Waals surface area contributed by atoms with Gasteiger partial charge in [0.25, 0.3) is 5.91 Å². The van der Waals surface area contributed by atoms with E-state index in [4.69, 9.17) is 4.74 Å². The third-order valence-corrected chi connectivity index (χ3v) is 6.29. The Balaban J connectivity index is 1.28. The zero-order valence-electron chi connectivity index (χ0n) is 18.3. The first-order chi connectivity index (χ1) is 15.6. The average Bonchev–Trinajstić information content (AvgIpc) is 3.55. The van der Waals surface area contributed by atoms with Crippen molar-refractivity contribution in [2.24, 2.45) is 0 Å². The minimum Gasteiger partial charge on any atom is -0.443 e. The number of amides is 2. The van der Waals surface area contributed by atoms with Crippen molar-refractivity contribution in [2.45, 2.75) is 31.9 Å². The maximum absolute atomic E-state index is 12.4. The maximum Gasteiger partial charge on any atom is 0.415 e. The van der Waals surface area contributed by atoms with Crippen molar-refractivity contribution >= 4 is 17.8 Å². The van der Waals surface area contributed by atoms with Crippen LogP contribution in [-0.4, -0.2) is 73.3 Å². The predicted molar refractivity (Wildman–Crippen MR) is 122 cm³/mol. The monoisotopic (exact) mass is 435 g/mol. The Morgan fingerprint density at radius 2 is 2.03 bits per heavy atom. The van der Waals surface area contributed by atoms with E-state index in [0.29, 0.717) is 24.0 Å². The summed E-state index contributed by atoms with van der Waals surface area (Å²) in [5, 5.41) is 6.37. The fraction of sp³-hybridized carbons (Fsp3) is 0.458. The van der Waals surface area contributed by atoms with E-state index in [1.165, 1.54) is 0 Å². The number of nitrogens with zero attached hydrogens (tertiary/aromatic N) is 3. The number of carbonyl (C=O) groups excluding carboxylic acids is 2. The molecule has 32 heavy (non-hydrogen) atoms. The van der Waals surface area contributed by atoms with Gasteiger partial charge in [0.15, 0.2) is 0 Å². The van der Waals surface area contributed by atoms with Crippen LogP contribution >= 0.6 is 0 Å². The Hall–Kier alpha value is -2.97. The van der Waals surface area contributed by atoms with E-state index in [2.05, 4.69) is 20.5 Å². The molecule has 2 aliphatic heterocycles. The molecule has 2 amide bonds. The highest BCUT2D eigenvalue weighted by Crippen LogP contribution is 2.28. The van der Waals surface area contributed by atoms with Crippen LogP contribution in [0.4, 0.5) is 10.6 Å². The number of hydrogen-bond donors (Lipinski definition) is 2. The molecule has 2 N–H and O–H groups in total. The lowest BCUT2D eigenvalue weighted by atomic mass is 9.99. The molecule has 1 aromatic carbocycles. The van der Waals surface area contributed by atoms with Crippen molar-refractivity contribution in [3.05, 3.63) is 47.7 Å². The van der Waals surface area contributed by atoms with Crippen molar-refractivity contribution in [2.75, 3.05) is 44.2 Å². The molecule has 8 heteroatoms. The van der Waals surface area contributed by atoms with Gasteiger partial charge in [-0.1, -0.05) is 6.07 Å². The third-order valence-electron chi connectivity index (χ3n) is 6.29. The Morgan fingerprint density at radius 1 is 1.22 bits per heavy atom. The summed E-state index contributed by atoms with van der Waals surface area (Å²) >= 11 is 0. The topological polar surface area (TPSA) is 86.8 Å². The van der Waals surface area contributed by atoms with Crippen LogP contribution in [0.5, 0.6) is 0 Å². The van der Waals surface area contributed by atoms with Crippen molar-refractivity contribution in [1.82, 2.24) is 20.5 Å². The number of rotatable bonds is 6. The van der Waals surface area contributed by atoms with Gasteiger partial charge in [0.2, 0.25) is 0 Å². The summed E-state index contributed by atoms with van der Waals surface area (Å²) in [5.74, 6) is 0.551. The second kappa shape index (κ2) is 8.88. The molecule has 0 unspecified atom stereocenters. The summed E-state index contributed by atoms with van der Waals surface area (Å²) in [6.07, 6.45) is 3.39. The molecule has 168 valence electrons. The number of cyclic esters (lactones) is 1. The van der Waals surface area contributed by atoms with Crippen molar-refractivity contribution < 1.29 is 14.3 Å². The molecule has 1 saturated carbocycles. The largest absolute Gasteiger partial charge is 0.443 e. The number of hydrogen-bond acceptors (Lipinski definition) is 6. The van der Waals surface area contributed by atoms with Crippen molar-refractivity contribution in [3.63, 3.8) is 0 Å². The number of nitrogens with one attached hydrogen (secondary N) is 2. The zero-order chi connectivity index (χ0) is 22.1. The number of benzene rings is 1. The Labute approximate surface area is 187 Å². The molecular weight excluding hydrogens is 406 g/mol. The van der Waals surface area contributed by atoms with E-state index in [-0.39, 0.29) is 18.1 Å². The number of anilines is 1. The molecule has 0 radical (unpaired) electrons. The lowest BCUT2D eigenvalue weighted by Gasteiger charge is -2.28. The molecule has 8 nitrogen and oxygen atoms in total. The van der Waals surface area contributed by atoms with E-state index >= 15 is 0 Å². The molecule has 1 atom stereocenters. The molecular formula is C24H29N5O3. The Kier molecular flexibility index (Phi) is 5.80. The fourth-order valence-corrected chi connectivity index (χ4v) is 4.26. The first-order valence-corrected chi connectivity index (χ1v) is 11.4. The summed E-state index contributed by atoms with van der Waals surface area (Å²) in [6, 6.07) is 9.85. The van der Waals surface area contributed by atoms with Crippen LogP contribution in [0.25, 0.3) is 11.1 Å². The molecule has 2 aromatic rings. The molecule has 0 bridgehead atoms. The fourth-order valence-electron chi connectivity index (χ4n) is 4.26. The predicted octanol–water partition coefficient (Wildman–Crippen LogP) is 2.18. The van der Waals surface area contributed by atoms with Crippen LogP contribution < -0.4 is 15.5 Å². The van der Waals surface area contributed by atoms with Gasteiger partial charge in [0, 0.05) is 56.1 Å². The minimum atomic E-state index is -0.347. The van der Waals surface area contributed by atoms with Gasteiger partial charge in [-0.25, -0.2) is 9.78 Å². The van der Waals surface area contributed by atoms with Crippen LogP contribution in [0.3, 0.4) is 0 Å². The summed E-state index contributed by atoms with van der Waals surface area (Å²) in [7, 11) is 0. The molecule has 3 aliphatic rings. The highest BCUT2D eigenvalue weighted by Gasteiger charge is 2.34. The standard InChI is InChI=1S/C24H29N5O3/c1-16-2-3-17(23(30)27-19-5-6-19)12-21(16)18-4-7-22(26-13-18)29-15-20(32-24(29)31)14-28-10-8-25-9-11-28/h2-4,7,12-13,19-20,25H,5-6,8-11,14-15H2,1H3,(H,27,30)/t20-/m0/s1. The third kappa shape index (κ3) is 4.61. The Morgan fingerprint density at radius 3 is 2.75 bits per heavy atom. The van der Waals surface area contributed by atoms with E-state index in [9.17, 15) is 9.59 Å². The number of aromatic nitrogens is 1. The van der Waals surface area contributed by atoms with Crippen molar-refractivity contribution in [1.29, 1.82) is 0 Å². The highest BCUT2D eigenvalue weighted by molar-refractivity contribution is 5.96. The second-order valence-electron chi connectivity index (χ2n) is 8.85. The molecule has 2 saturated heterocycles. The summed E-state index contributed by atoms with van der Waals surface area (Å²) < 4.78 is 5.58. The van der Waals surface area contributed by atoms with E-state index in [1.807, 2.05) is 37.3 Å². The van der Waals surface area contributed by atoms with Gasteiger partial charge in [-0.05, 0) is 55.2 Å². The lowest BCUT2D eigenvalue weighted by Crippen LogP contribution is -2.46. The smallest absolute Gasteiger partial charge is 0.415 e. The van der Waals surface area contributed by atoms with Crippen LogP contribution in [0.2, 0.25) is 0 Å². The van der Waals surface area contributed by atoms with Crippen LogP contribution in [-0.2, 0) is 4.74 Å². The van der Waals surface area contributed by atoms with Crippen LogP contribution in [0.15, 0.2) is 36.5 Å². The van der Waals surface area contributed by atoms with E-state index in [1.54, 1.807) is 11.1 Å². The van der Waals surface area contributed by atoms with Gasteiger partial charge < -0.3 is 15.4 Å². The number of ether oxygens (including phenoxy) is 1. The first-order valence-electron chi connectivity index (χ1n) is 11.4. The Bertz CT molecular complexity index is 999. The molecule has 1 aliphatic carbocycles. The van der Waals surface area contributed by atoms with E-state index < -0.39 is 0 Å². The van der Waals surface area contributed by atoms with Gasteiger partial charge in [-0.3, -0.25) is 14.6 Å². The zero-order valence-corrected chi connectivity index (χ0v) is 18.3. The van der Waals surface area contributed by atoms with Gasteiger partial charge in [0.1, 0.15) is 11.9 Å². The van der Waals surface area contributed by atoms with Gasteiger partial charge >= 0.3 is 6.09 Å². The van der Waals surface area contributed by atoms with Crippen molar-refractivity contribution in [3.8, 4) is 11.1 Å². The molecule has 1 aromatic heterocycles. The van der Waals surface area contributed by atoms with Gasteiger partial charge in [-0.2, -0.15) is 0 Å². The van der Waals surface area contributed by atoms with E-state index in [0.717, 1.165) is 62.3 Å². The quantitative estimate of drug-likeness (QED) is 0.723. The van der Waals surface area contributed by atoms with Crippen LogP contribution in [0.1, 0.15) is 28.8 Å². The number of piperazine rings is 1. The van der Waals surface area contributed by atoms with Crippen LogP contribution in [0, 0.1) is 6.92 Å². The summed E-state index contributed by atoms with van der Waals surface area (Å²) in [4.78, 5) is 33.3. The molecule has 3 fully saturated rings. The number of pyridine rings is 1. The summed E-state index contributed by atoms with van der Waals surface area (Å²) in [5.41, 5.74) is 3.60. The highest BCUT2D eigenvalue weighted by atomic mass is 16.6. The van der Waals surface area contributed by atoms with Gasteiger partial charge in [0.05, 0.1) is 6.54 Å². The van der Waals surface area contributed by atoms with Gasteiger partial charge in [-0.15, -0.1) is 0 Å². The molecule has 0 spiro atoms. The summed E-state index contributed by atoms with van der Waals surface area (Å²) in [6.45, 7) is 7.15. The second-order valence-corrected chi connectivity index (χ2v) is 8.85. The normalized spacial score (nSPS) is 21.5. The molecule has 5 rings (SSSR count). The number of carbonyl (C=O) groups is 2. The SMILES string of the molecule is Cc1ccc(C(=O)NC2CC2)cc1-c1ccc(N2C[C@H](CN3CCNCC3)OC2=O)nc1. The lowest BCUT2D eigenvalue weighted by molar-refractivity contribution is 0.0950. The maximum atomic E-state index is 12.4. The average molecular weight is 436 g/mol. The molecule has 3 heterocycles. The number of aryl methyl sites for hydroxylation is 1. The first kappa shape index (κ1) is 20.9.